The molecule has 26 heavy (non-hydrogen) atoms. The summed E-state index contributed by atoms with van der Waals surface area (Å²) in [6, 6.07) is 13.4. The third kappa shape index (κ3) is 5.45. The van der Waals surface area contributed by atoms with Crippen molar-refractivity contribution < 1.29 is 17.9 Å². The van der Waals surface area contributed by atoms with Gasteiger partial charge in [-0.05, 0) is 48.4 Å². The van der Waals surface area contributed by atoms with Gasteiger partial charge in [0.1, 0.15) is 5.75 Å². The number of carbonyl (C=O) groups excluding carboxylic acids is 1. The average Bonchev–Trinajstić information content (AvgIpc) is 2.62. The van der Waals surface area contributed by atoms with Gasteiger partial charge in [0, 0.05) is 18.6 Å². The summed E-state index contributed by atoms with van der Waals surface area (Å²) < 4.78 is 31.0. The van der Waals surface area contributed by atoms with Crippen LogP contribution in [0.5, 0.6) is 5.75 Å². The number of rotatable bonds is 8. The van der Waals surface area contributed by atoms with Gasteiger partial charge in [0.05, 0.1) is 18.6 Å². The van der Waals surface area contributed by atoms with Crippen LogP contribution in [0.4, 0.5) is 0 Å². The summed E-state index contributed by atoms with van der Waals surface area (Å²) >= 11 is 5.77. The van der Waals surface area contributed by atoms with Crippen molar-refractivity contribution in [2.45, 2.75) is 11.3 Å². The zero-order chi connectivity index (χ0) is 19.2. The van der Waals surface area contributed by atoms with Crippen molar-refractivity contribution in [3.63, 3.8) is 0 Å². The number of carbonyl (C=O) groups is 1. The molecule has 0 saturated carbocycles. The smallest absolute Gasteiger partial charge is 0.243 e. The molecule has 0 atom stereocenters. The molecule has 2 aromatic rings. The molecule has 2 aromatic carbocycles. The molecule has 0 saturated heterocycles. The molecule has 0 aliphatic heterocycles. The van der Waals surface area contributed by atoms with Crippen LogP contribution in [0.3, 0.4) is 0 Å². The van der Waals surface area contributed by atoms with Crippen molar-refractivity contribution in [2.75, 3.05) is 27.2 Å². The van der Waals surface area contributed by atoms with E-state index in [-0.39, 0.29) is 17.3 Å². The van der Waals surface area contributed by atoms with Gasteiger partial charge in [-0.2, -0.15) is 4.31 Å². The van der Waals surface area contributed by atoms with Gasteiger partial charge in [-0.15, -0.1) is 0 Å². The Morgan fingerprint density at radius 1 is 1.12 bits per heavy atom. The van der Waals surface area contributed by atoms with Gasteiger partial charge in [-0.25, -0.2) is 8.42 Å². The summed E-state index contributed by atoms with van der Waals surface area (Å²) in [5.41, 5.74) is 1.05. The summed E-state index contributed by atoms with van der Waals surface area (Å²) in [4.78, 5) is 12.1. The Bertz CT molecular complexity index is 836. The van der Waals surface area contributed by atoms with E-state index in [4.69, 9.17) is 16.3 Å². The Morgan fingerprint density at radius 2 is 1.73 bits per heavy atom. The second-order valence-corrected chi connectivity index (χ2v) is 8.14. The van der Waals surface area contributed by atoms with Crippen LogP contribution in [-0.4, -0.2) is 45.9 Å². The minimum Gasteiger partial charge on any atom is -0.497 e. The van der Waals surface area contributed by atoms with E-state index in [9.17, 15) is 13.2 Å². The molecule has 0 aliphatic rings. The molecule has 0 unspecified atom stereocenters. The molecule has 8 heteroatoms. The number of likely N-dealkylation sites (N-methyl/N-ethyl adjacent to an activating group) is 1. The molecule has 0 heterocycles. The van der Waals surface area contributed by atoms with Crippen LogP contribution in [0, 0.1) is 0 Å². The van der Waals surface area contributed by atoms with Crippen LogP contribution in [0.2, 0.25) is 5.02 Å². The van der Waals surface area contributed by atoms with Crippen molar-refractivity contribution in [1.29, 1.82) is 0 Å². The highest BCUT2D eigenvalue weighted by molar-refractivity contribution is 7.89. The average molecular weight is 397 g/mol. The molecule has 1 N–H and O–H groups in total. The standard InChI is InChI=1S/C18H21ClN2O4S/c1-21(26(23,24)17-9-5-15(19)6-10-17)13-18(22)20-12-11-14-3-7-16(25-2)8-4-14/h3-10H,11-13H2,1-2H3,(H,20,22). The Labute approximate surface area is 158 Å². The maximum absolute atomic E-state index is 12.4. The Hall–Kier alpha value is -2.09. The van der Waals surface area contributed by atoms with E-state index >= 15 is 0 Å². The van der Waals surface area contributed by atoms with Crippen molar-refractivity contribution in [3.05, 3.63) is 59.1 Å². The molecule has 140 valence electrons. The first-order valence-electron chi connectivity index (χ1n) is 7.94. The number of nitrogens with one attached hydrogen (secondary N) is 1. The van der Waals surface area contributed by atoms with Gasteiger partial charge < -0.3 is 10.1 Å². The lowest BCUT2D eigenvalue weighted by Gasteiger charge is -2.17. The molecule has 0 spiro atoms. The monoisotopic (exact) mass is 396 g/mol. The first kappa shape index (κ1) is 20.2. The van der Waals surface area contributed by atoms with Crippen LogP contribution in [-0.2, 0) is 21.2 Å². The minimum atomic E-state index is -3.74. The Morgan fingerprint density at radius 3 is 2.31 bits per heavy atom. The third-order valence-corrected chi connectivity index (χ3v) is 5.85. The number of halogens is 1. The molecule has 2 rings (SSSR count). The number of sulfonamides is 1. The van der Waals surface area contributed by atoms with Gasteiger partial charge in [-0.3, -0.25) is 4.79 Å². The van der Waals surface area contributed by atoms with E-state index in [1.165, 1.54) is 31.3 Å². The van der Waals surface area contributed by atoms with E-state index in [1.807, 2.05) is 24.3 Å². The maximum atomic E-state index is 12.4. The number of methoxy groups -OCH3 is 1. The van der Waals surface area contributed by atoms with Crippen LogP contribution < -0.4 is 10.1 Å². The molecule has 0 aliphatic carbocycles. The predicted octanol–water partition coefficient (Wildman–Crippen LogP) is 2.33. The van der Waals surface area contributed by atoms with E-state index < -0.39 is 10.0 Å². The largest absolute Gasteiger partial charge is 0.497 e. The van der Waals surface area contributed by atoms with Gasteiger partial charge in [0.15, 0.2) is 0 Å². The van der Waals surface area contributed by atoms with Gasteiger partial charge >= 0.3 is 0 Å². The molecule has 0 aromatic heterocycles. The van der Waals surface area contributed by atoms with Crippen LogP contribution >= 0.6 is 11.6 Å². The zero-order valence-corrected chi connectivity index (χ0v) is 16.2. The van der Waals surface area contributed by atoms with Crippen molar-refractivity contribution in [1.82, 2.24) is 9.62 Å². The fourth-order valence-corrected chi connectivity index (χ4v) is 3.52. The van der Waals surface area contributed by atoms with Crippen molar-refractivity contribution in [3.8, 4) is 5.75 Å². The lowest BCUT2D eigenvalue weighted by atomic mass is 10.1. The van der Waals surface area contributed by atoms with E-state index in [1.54, 1.807) is 7.11 Å². The lowest BCUT2D eigenvalue weighted by molar-refractivity contribution is -0.121. The van der Waals surface area contributed by atoms with E-state index in [0.717, 1.165) is 15.6 Å². The number of benzene rings is 2. The summed E-state index contributed by atoms with van der Waals surface area (Å²) in [5.74, 6) is 0.408. The quantitative estimate of drug-likeness (QED) is 0.743. The molecular formula is C18H21ClN2O4S. The highest BCUT2D eigenvalue weighted by Gasteiger charge is 2.22. The molecular weight excluding hydrogens is 376 g/mol. The summed E-state index contributed by atoms with van der Waals surface area (Å²) in [7, 11) is -0.767. The first-order chi connectivity index (χ1) is 12.3. The molecule has 0 fully saturated rings. The van der Waals surface area contributed by atoms with E-state index in [0.29, 0.717) is 18.0 Å². The van der Waals surface area contributed by atoms with Crippen LogP contribution in [0.1, 0.15) is 5.56 Å². The number of hydrogen-bond donors (Lipinski definition) is 1. The van der Waals surface area contributed by atoms with Gasteiger partial charge in [0.25, 0.3) is 0 Å². The first-order valence-corrected chi connectivity index (χ1v) is 9.76. The highest BCUT2D eigenvalue weighted by Crippen LogP contribution is 2.17. The molecule has 6 nitrogen and oxygen atoms in total. The minimum absolute atomic E-state index is 0.0930. The lowest BCUT2D eigenvalue weighted by Crippen LogP contribution is -2.39. The topological polar surface area (TPSA) is 75.7 Å². The van der Waals surface area contributed by atoms with Crippen LogP contribution in [0.25, 0.3) is 0 Å². The number of ether oxygens (including phenoxy) is 1. The Kier molecular flexibility index (Phi) is 7.02. The van der Waals surface area contributed by atoms with Crippen LogP contribution in [0.15, 0.2) is 53.4 Å². The summed E-state index contributed by atoms with van der Waals surface area (Å²) in [5, 5.41) is 3.17. The number of amides is 1. The van der Waals surface area contributed by atoms with Crippen molar-refractivity contribution in [2.24, 2.45) is 0 Å². The second-order valence-electron chi connectivity index (χ2n) is 5.66. The number of nitrogens with zero attached hydrogens (tertiary/aromatic N) is 1. The highest BCUT2D eigenvalue weighted by atomic mass is 35.5. The summed E-state index contributed by atoms with van der Waals surface area (Å²) in [6.45, 7) is 0.160. The third-order valence-electron chi connectivity index (χ3n) is 3.78. The fourth-order valence-electron chi connectivity index (χ4n) is 2.27. The summed E-state index contributed by atoms with van der Waals surface area (Å²) in [6.07, 6.45) is 0.642. The normalized spacial score (nSPS) is 11.4. The fraction of sp³-hybridized carbons (Fsp3) is 0.278. The molecule has 1 amide bonds. The van der Waals surface area contributed by atoms with Gasteiger partial charge in [-0.1, -0.05) is 23.7 Å². The Balaban J connectivity index is 1.85. The van der Waals surface area contributed by atoms with Gasteiger partial charge in [0.2, 0.25) is 15.9 Å². The zero-order valence-electron chi connectivity index (χ0n) is 14.6. The maximum Gasteiger partial charge on any atom is 0.243 e. The van der Waals surface area contributed by atoms with E-state index in [2.05, 4.69) is 5.32 Å². The molecule has 0 bridgehead atoms. The molecule has 0 radical (unpaired) electrons. The van der Waals surface area contributed by atoms with Crippen molar-refractivity contribution >= 4 is 27.5 Å². The number of hydrogen-bond acceptors (Lipinski definition) is 4. The predicted molar refractivity (Wildman–Crippen MR) is 101 cm³/mol. The SMILES string of the molecule is COc1ccc(CCNC(=O)CN(C)S(=O)(=O)c2ccc(Cl)cc2)cc1. The second kappa shape index (κ2) is 9.02.